The second-order valence-corrected chi connectivity index (χ2v) is 15.6. The van der Waals surface area contributed by atoms with E-state index in [1.807, 2.05) is 30.7 Å². The molecular weight excluding hydrogens is 725 g/mol. The number of imide groups is 1. The minimum absolute atomic E-state index is 0.136. The van der Waals surface area contributed by atoms with E-state index < -0.39 is 11.9 Å². The molecule has 0 bridgehead atoms. The van der Waals surface area contributed by atoms with Gasteiger partial charge in [-0.2, -0.15) is 0 Å². The van der Waals surface area contributed by atoms with Crippen LogP contribution in [0.1, 0.15) is 60.9 Å². The van der Waals surface area contributed by atoms with Crippen molar-refractivity contribution in [3.05, 3.63) is 84.3 Å². The number of benzene rings is 2. The normalized spacial score (nSPS) is 21.5. The molecule has 0 radical (unpaired) electrons. The number of carbonyl (C=O) groups excluding carboxylic acids is 3. The van der Waals surface area contributed by atoms with Gasteiger partial charge in [0.15, 0.2) is 0 Å². The molecule has 5 aromatic rings. The second-order valence-electron chi connectivity index (χ2n) is 15.6. The van der Waals surface area contributed by atoms with Crippen LogP contribution in [0.15, 0.2) is 73.2 Å². The Morgan fingerprint density at radius 1 is 0.825 bits per heavy atom. The molecule has 2 aromatic carbocycles. The number of likely N-dealkylation sites (tertiary alicyclic amines) is 1. The van der Waals surface area contributed by atoms with E-state index >= 15 is 0 Å². The Labute approximate surface area is 331 Å². The molecule has 13 nitrogen and oxygen atoms in total. The minimum atomic E-state index is -0.625. The summed E-state index contributed by atoms with van der Waals surface area (Å²) in [5.41, 5.74) is 5.92. The Balaban J connectivity index is 0.629. The highest BCUT2D eigenvalue weighted by Gasteiger charge is 2.39. The highest BCUT2D eigenvalue weighted by molar-refractivity contribution is 6.08. The third-order valence-electron chi connectivity index (χ3n) is 11.9. The quantitative estimate of drug-likeness (QED) is 0.115. The first-order valence-corrected chi connectivity index (χ1v) is 20.2. The van der Waals surface area contributed by atoms with Crippen LogP contribution < -0.4 is 14.8 Å². The van der Waals surface area contributed by atoms with Crippen LogP contribution in [-0.4, -0.2) is 106 Å². The fourth-order valence-electron chi connectivity index (χ4n) is 8.64. The van der Waals surface area contributed by atoms with Gasteiger partial charge in [0.05, 0.1) is 24.3 Å². The number of aryl methyl sites for hydroxylation is 1. The monoisotopic (exact) mass is 772 g/mol. The number of pyridine rings is 2. The number of carbonyl (C=O) groups is 3. The maximum Gasteiger partial charge on any atom is 0.255 e. The summed E-state index contributed by atoms with van der Waals surface area (Å²) in [5, 5.41) is 4.70. The lowest BCUT2D eigenvalue weighted by molar-refractivity contribution is -0.136. The predicted molar refractivity (Wildman–Crippen MR) is 213 cm³/mol. The lowest BCUT2D eigenvalue weighted by Crippen LogP contribution is -2.52. The number of hydrogen-bond donors (Lipinski definition) is 1. The van der Waals surface area contributed by atoms with Crippen molar-refractivity contribution in [2.24, 2.45) is 7.05 Å². The van der Waals surface area contributed by atoms with E-state index in [-0.39, 0.29) is 30.4 Å². The van der Waals surface area contributed by atoms with Gasteiger partial charge in [0.2, 0.25) is 17.7 Å². The number of nitrogens with one attached hydrogen (secondary N) is 1. The van der Waals surface area contributed by atoms with Crippen molar-refractivity contribution in [1.29, 1.82) is 0 Å². The summed E-state index contributed by atoms with van der Waals surface area (Å²) in [4.78, 5) is 49.7. The molecule has 3 fully saturated rings. The molecule has 3 amide bonds. The Morgan fingerprint density at radius 2 is 1.68 bits per heavy atom. The first-order valence-electron chi connectivity index (χ1n) is 20.2. The first kappa shape index (κ1) is 37.2. The van der Waals surface area contributed by atoms with Crippen LogP contribution in [0.2, 0.25) is 0 Å². The van der Waals surface area contributed by atoms with E-state index in [1.165, 1.54) is 16.4 Å². The number of hydrogen-bond acceptors (Lipinski definition) is 10. The molecule has 1 atom stereocenters. The summed E-state index contributed by atoms with van der Waals surface area (Å²) in [6.45, 7) is 4.93. The molecule has 3 aliphatic heterocycles. The second kappa shape index (κ2) is 16.2. The number of aromatic nitrogens is 3. The van der Waals surface area contributed by atoms with Gasteiger partial charge in [-0.05, 0) is 73.2 Å². The summed E-state index contributed by atoms with van der Waals surface area (Å²) < 4.78 is 26.6. The number of ether oxygens (including phenoxy) is 4. The summed E-state index contributed by atoms with van der Waals surface area (Å²) in [6.07, 6.45) is 11.7. The van der Waals surface area contributed by atoms with Crippen LogP contribution in [0.4, 0.5) is 0 Å². The molecule has 9 rings (SSSR count). The van der Waals surface area contributed by atoms with Gasteiger partial charge < -0.3 is 33.3 Å². The Hall–Kier alpha value is -5.37. The topological polar surface area (TPSA) is 137 Å². The van der Waals surface area contributed by atoms with E-state index in [0.29, 0.717) is 56.1 Å². The van der Waals surface area contributed by atoms with Crippen molar-refractivity contribution in [2.75, 3.05) is 39.5 Å². The largest absolute Gasteiger partial charge is 0.491 e. The van der Waals surface area contributed by atoms with Crippen molar-refractivity contribution in [3.63, 3.8) is 0 Å². The maximum absolute atomic E-state index is 12.9. The van der Waals surface area contributed by atoms with Crippen LogP contribution in [0.5, 0.6) is 11.6 Å². The van der Waals surface area contributed by atoms with E-state index in [9.17, 15) is 14.4 Å². The Morgan fingerprint density at radius 3 is 2.51 bits per heavy atom. The SMILES string of the molecule is Cn1c2ccncc2c2ccc(-c3ccc(O[C@H]4C[C@H](OC5CCN(CCCOCCOc6ccc7c(c6)CN(C6CCC(=O)NC6=O)C7=O)CC5)C4)nc3)cc21. The van der Waals surface area contributed by atoms with Gasteiger partial charge in [-0.15, -0.1) is 0 Å². The molecule has 3 aromatic heterocycles. The van der Waals surface area contributed by atoms with Crippen LogP contribution in [0, 0.1) is 0 Å². The molecule has 2 saturated heterocycles. The van der Waals surface area contributed by atoms with Gasteiger partial charge in [0.1, 0.15) is 24.5 Å². The fraction of sp³-hybridized carbons (Fsp3) is 0.432. The number of piperidine rings is 2. The van der Waals surface area contributed by atoms with Crippen molar-refractivity contribution in [2.45, 2.75) is 75.8 Å². The number of rotatable bonds is 14. The lowest BCUT2D eigenvalue weighted by Gasteiger charge is -2.39. The third kappa shape index (κ3) is 7.96. The van der Waals surface area contributed by atoms with E-state index in [4.69, 9.17) is 18.9 Å². The standard InChI is InChI=1S/C44H48N6O7/c1-48-38-11-14-45-26-37(38)36-6-3-28(22-40(36)48)29-4-10-42(46-25-29)57-34-23-33(24-34)56-31-12-16-49(17-13-31)15-2-18-54-19-20-55-32-5-7-35-30(21-32)27-50(44(35)53)39-8-9-41(51)47-43(39)52/h3-7,10-11,14,21-22,25-26,31,33-34,39H,2,8-9,12-13,15-20,23-24,27H2,1H3,(H,47,51,52)/t33-,34-,39?. The third-order valence-corrected chi connectivity index (χ3v) is 11.9. The van der Waals surface area contributed by atoms with Crippen LogP contribution >= 0.6 is 0 Å². The molecule has 1 aliphatic carbocycles. The highest BCUT2D eigenvalue weighted by atomic mass is 16.5. The van der Waals surface area contributed by atoms with Crippen molar-refractivity contribution < 1.29 is 33.3 Å². The minimum Gasteiger partial charge on any atom is -0.491 e. The molecule has 4 aliphatic rings. The average molecular weight is 773 g/mol. The van der Waals surface area contributed by atoms with E-state index in [2.05, 4.69) is 62.1 Å². The summed E-state index contributed by atoms with van der Waals surface area (Å²) in [7, 11) is 2.09. The average Bonchev–Trinajstić information content (AvgIpc) is 3.69. The fourth-order valence-corrected chi connectivity index (χ4v) is 8.64. The zero-order valence-electron chi connectivity index (χ0n) is 32.2. The molecule has 13 heteroatoms. The van der Waals surface area contributed by atoms with Crippen LogP contribution in [0.25, 0.3) is 32.9 Å². The van der Waals surface area contributed by atoms with Crippen molar-refractivity contribution >= 4 is 39.5 Å². The summed E-state index contributed by atoms with van der Waals surface area (Å²) in [5.74, 6) is 0.427. The zero-order valence-corrected chi connectivity index (χ0v) is 32.2. The summed E-state index contributed by atoms with van der Waals surface area (Å²) in [6, 6.07) is 17.4. The van der Waals surface area contributed by atoms with Gasteiger partial charge in [-0.3, -0.25) is 24.7 Å². The molecule has 296 valence electrons. The van der Waals surface area contributed by atoms with Crippen LogP contribution in [0.3, 0.4) is 0 Å². The lowest BCUT2D eigenvalue weighted by atomic mass is 9.91. The van der Waals surface area contributed by atoms with Crippen molar-refractivity contribution in [1.82, 2.24) is 29.7 Å². The van der Waals surface area contributed by atoms with Gasteiger partial charge in [0.25, 0.3) is 5.91 Å². The molecule has 1 N–H and O–H groups in total. The van der Waals surface area contributed by atoms with Gasteiger partial charge >= 0.3 is 0 Å². The molecule has 1 saturated carbocycles. The van der Waals surface area contributed by atoms with Crippen LogP contribution in [-0.2, 0) is 32.7 Å². The van der Waals surface area contributed by atoms with Crippen molar-refractivity contribution in [3.8, 4) is 22.8 Å². The molecule has 6 heterocycles. The number of fused-ring (bicyclic) bond motifs is 4. The number of amides is 3. The number of nitrogens with zero attached hydrogens (tertiary/aromatic N) is 5. The van der Waals surface area contributed by atoms with E-state index in [1.54, 1.807) is 17.0 Å². The van der Waals surface area contributed by atoms with Gasteiger partial charge in [0, 0.05) is 111 Å². The molecule has 57 heavy (non-hydrogen) atoms. The molecule has 1 unspecified atom stereocenters. The van der Waals surface area contributed by atoms with E-state index in [0.717, 1.165) is 73.8 Å². The first-order chi connectivity index (χ1) is 27.9. The predicted octanol–water partition coefficient (Wildman–Crippen LogP) is 5.43. The highest BCUT2D eigenvalue weighted by Crippen LogP contribution is 2.34. The molecular formula is C44H48N6O7. The summed E-state index contributed by atoms with van der Waals surface area (Å²) >= 11 is 0. The molecule has 0 spiro atoms. The maximum atomic E-state index is 12.9. The Kier molecular flexibility index (Phi) is 10.6. The van der Waals surface area contributed by atoms with Gasteiger partial charge in [-0.1, -0.05) is 12.1 Å². The zero-order chi connectivity index (χ0) is 38.9. The smallest absolute Gasteiger partial charge is 0.255 e. The van der Waals surface area contributed by atoms with Gasteiger partial charge in [-0.25, -0.2) is 4.98 Å². The Bertz CT molecular complexity index is 2280.